The third-order valence-corrected chi connectivity index (χ3v) is 2.92. The van der Waals surface area contributed by atoms with Gasteiger partial charge in [0.25, 0.3) is 0 Å². The third kappa shape index (κ3) is 2.64. The molecular weight excluding hydrogens is 136 g/mol. The molecule has 0 saturated heterocycles. The number of carbonyl (C=O) groups excluding carboxylic acids is 1. The van der Waals surface area contributed by atoms with Crippen LogP contribution in [-0.2, 0) is 4.79 Å². The first-order valence-electron chi connectivity index (χ1n) is 4.78. The van der Waals surface area contributed by atoms with Gasteiger partial charge in [-0.1, -0.05) is 39.0 Å². The molecule has 64 valence electrons. The predicted molar refractivity (Wildman–Crippen MR) is 46.4 cm³/mol. The number of hydrogen-bond donors (Lipinski definition) is 0. The molecule has 0 radical (unpaired) electrons. The maximum atomic E-state index is 10.3. The van der Waals surface area contributed by atoms with E-state index in [4.69, 9.17) is 0 Å². The Morgan fingerprint density at radius 1 is 1.36 bits per heavy atom. The van der Waals surface area contributed by atoms with Crippen LogP contribution in [0.5, 0.6) is 0 Å². The first-order chi connectivity index (χ1) is 5.34. The van der Waals surface area contributed by atoms with E-state index in [0.29, 0.717) is 5.92 Å². The largest absolute Gasteiger partial charge is 0.303 e. The monoisotopic (exact) mass is 154 g/mol. The molecule has 1 atom stereocenters. The molecule has 1 saturated carbocycles. The molecule has 1 unspecified atom stereocenters. The van der Waals surface area contributed by atoms with Crippen molar-refractivity contribution in [3.63, 3.8) is 0 Å². The summed E-state index contributed by atoms with van der Waals surface area (Å²) in [6, 6.07) is 0. The first kappa shape index (κ1) is 8.76. The molecule has 0 amide bonds. The summed E-state index contributed by atoms with van der Waals surface area (Å²) in [6.07, 6.45) is 8.72. The highest BCUT2D eigenvalue weighted by atomic mass is 16.1. The zero-order valence-electron chi connectivity index (χ0n) is 7.38. The SMILES string of the molecule is CC(CC=O)C1CCCCC1. The Hall–Kier alpha value is -0.330. The van der Waals surface area contributed by atoms with Crippen LogP contribution in [0.2, 0.25) is 0 Å². The summed E-state index contributed by atoms with van der Waals surface area (Å²) in [7, 11) is 0. The minimum Gasteiger partial charge on any atom is -0.303 e. The summed E-state index contributed by atoms with van der Waals surface area (Å²) < 4.78 is 0. The van der Waals surface area contributed by atoms with Crippen LogP contribution in [0.1, 0.15) is 45.4 Å². The Morgan fingerprint density at radius 3 is 2.55 bits per heavy atom. The van der Waals surface area contributed by atoms with Crippen LogP contribution in [0.3, 0.4) is 0 Å². The topological polar surface area (TPSA) is 17.1 Å². The average molecular weight is 154 g/mol. The molecule has 1 heteroatoms. The molecule has 0 bridgehead atoms. The van der Waals surface area contributed by atoms with Gasteiger partial charge in [0.15, 0.2) is 0 Å². The summed E-state index contributed by atoms with van der Waals surface area (Å²) in [4.78, 5) is 10.3. The summed E-state index contributed by atoms with van der Waals surface area (Å²) in [5.74, 6) is 1.47. The minimum absolute atomic E-state index is 0.632. The number of hydrogen-bond acceptors (Lipinski definition) is 1. The lowest BCUT2D eigenvalue weighted by atomic mass is 9.80. The third-order valence-electron chi connectivity index (χ3n) is 2.92. The van der Waals surface area contributed by atoms with Crippen LogP contribution in [0, 0.1) is 11.8 Å². The van der Waals surface area contributed by atoms with Crippen LogP contribution >= 0.6 is 0 Å². The Labute approximate surface area is 69.2 Å². The van der Waals surface area contributed by atoms with Gasteiger partial charge in [-0.25, -0.2) is 0 Å². The van der Waals surface area contributed by atoms with Crippen molar-refractivity contribution in [3.05, 3.63) is 0 Å². The normalized spacial score (nSPS) is 23.0. The lowest BCUT2D eigenvalue weighted by molar-refractivity contribution is -0.108. The Kier molecular flexibility index (Phi) is 3.61. The number of carbonyl (C=O) groups is 1. The second-order valence-corrected chi connectivity index (χ2v) is 3.78. The van der Waals surface area contributed by atoms with E-state index in [1.807, 2.05) is 0 Å². The van der Waals surface area contributed by atoms with Crippen molar-refractivity contribution in [2.75, 3.05) is 0 Å². The maximum absolute atomic E-state index is 10.3. The quantitative estimate of drug-likeness (QED) is 0.571. The van der Waals surface area contributed by atoms with Crippen LogP contribution in [-0.4, -0.2) is 6.29 Å². The van der Waals surface area contributed by atoms with Crippen LogP contribution in [0.4, 0.5) is 0 Å². The standard InChI is InChI=1S/C10H18O/c1-9(7-8-11)10-5-3-2-4-6-10/h8-10H,2-7H2,1H3. The lowest BCUT2D eigenvalue weighted by Gasteiger charge is -2.26. The summed E-state index contributed by atoms with van der Waals surface area (Å²) >= 11 is 0. The van der Waals surface area contributed by atoms with E-state index in [1.165, 1.54) is 32.1 Å². The molecule has 0 aromatic carbocycles. The van der Waals surface area contributed by atoms with Crippen molar-refractivity contribution in [3.8, 4) is 0 Å². The van der Waals surface area contributed by atoms with Gasteiger partial charge < -0.3 is 4.79 Å². The molecular formula is C10H18O. The van der Waals surface area contributed by atoms with E-state index >= 15 is 0 Å². The molecule has 1 aliphatic rings. The van der Waals surface area contributed by atoms with Gasteiger partial charge in [-0.2, -0.15) is 0 Å². The Morgan fingerprint density at radius 2 is 2.00 bits per heavy atom. The highest BCUT2D eigenvalue weighted by Gasteiger charge is 2.18. The zero-order chi connectivity index (χ0) is 8.10. The molecule has 0 aromatic heterocycles. The van der Waals surface area contributed by atoms with Crippen molar-refractivity contribution in [2.45, 2.75) is 45.4 Å². The van der Waals surface area contributed by atoms with Gasteiger partial charge in [-0.15, -0.1) is 0 Å². The molecule has 1 rings (SSSR count). The van der Waals surface area contributed by atoms with Crippen molar-refractivity contribution in [2.24, 2.45) is 11.8 Å². The minimum atomic E-state index is 0.632. The molecule has 11 heavy (non-hydrogen) atoms. The molecule has 0 spiro atoms. The van der Waals surface area contributed by atoms with Crippen molar-refractivity contribution in [1.29, 1.82) is 0 Å². The van der Waals surface area contributed by atoms with Crippen LogP contribution in [0.25, 0.3) is 0 Å². The van der Waals surface area contributed by atoms with Gasteiger partial charge in [0.2, 0.25) is 0 Å². The van der Waals surface area contributed by atoms with E-state index in [0.717, 1.165) is 18.6 Å². The number of rotatable bonds is 3. The van der Waals surface area contributed by atoms with Crippen molar-refractivity contribution in [1.82, 2.24) is 0 Å². The molecule has 1 fully saturated rings. The van der Waals surface area contributed by atoms with Crippen molar-refractivity contribution < 1.29 is 4.79 Å². The fourth-order valence-electron chi connectivity index (χ4n) is 2.05. The molecule has 0 N–H and O–H groups in total. The second kappa shape index (κ2) is 4.53. The van der Waals surface area contributed by atoms with Gasteiger partial charge in [-0.3, -0.25) is 0 Å². The summed E-state index contributed by atoms with van der Waals surface area (Å²) in [5, 5.41) is 0. The molecule has 1 aliphatic carbocycles. The smallest absolute Gasteiger partial charge is 0.120 e. The highest BCUT2D eigenvalue weighted by Crippen LogP contribution is 2.30. The van der Waals surface area contributed by atoms with E-state index in [-0.39, 0.29) is 0 Å². The van der Waals surface area contributed by atoms with E-state index in [2.05, 4.69) is 6.92 Å². The fraction of sp³-hybridized carbons (Fsp3) is 0.900. The summed E-state index contributed by atoms with van der Waals surface area (Å²) in [5.41, 5.74) is 0. The molecule has 0 heterocycles. The molecule has 0 aromatic rings. The van der Waals surface area contributed by atoms with Crippen LogP contribution in [0.15, 0.2) is 0 Å². The maximum Gasteiger partial charge on any atom is 0.120 e. The van der Waals surface area contributed by atoms with Crippen LogP contribution < -0.4 is 0 Å². The average Bonchev–Trinajstić information content (AvgIpc) is 2.07. The van der Waals surface area contributed by atoms with Gasteiger partial charge in [0.05, 0.1) is 0 Å². The van der Waals surface area contributed by atoms with Gasteiger partial charge >= 0.3 is 0 Å². The van der Waals surface area contributed by atoms with Gasteiger partial charge in [-0.05, 0) is 11.8 Å². The number of aldehydes is 1. The lowest BCUT2D eigenvalue weighted by Crippen LogP contribution is -2.15. The predicted octanol–water partition coefficient (Wildman–Crippen LogP) is 2.79. The van der Waals surface area contributed by atoms with E-state index in [9.17, 15) is 4.79 Å². The van der Waals surface area contributed by atoms with E-state index in [1.54, 1.807) is 0 Å². The fourth-order valence-corrected chi connectivity index (χ4v) is 2.05. The summed E-state index contributed by atoms with van der Waals surface area (Å²) in [6.45, 7) is 2.21. The Balaban J connectivity index is 2.26. The Bertz CT molecular complexity index is 114. The van der Waals surface area contributed by atoms with E-state index < -0.39 is 0 Å². The first-order valence-corrected chi connectivity index (χ1v) is 4.78. The highest BCUT2D eigenvalue weighted by molar-refractivity contribution is 5.49. The van der Waals surface area contributed by atoms with Gasteiger partial charge in [0, 0.05) is 6.42 Å². The van der Waals surface area contributed by atoms with Crippen molar-refractivity contribution >= 4 is 6.29 Å². The van der Waals surface area contributed by atoms with Gasteiger partial charge in [0.1, 0.15) is 6.29 Å². The second-order valence-electron chi connectivity index (χ2n) is 3.78. The molecule has 0 aliphatic heterocycles. The zero-order valence-corrected chi connectivity index (χ0v) is 7.38. The molecule has 1 nitrogen and oxygen atoms in total.